The van der Waals surface area contributed by atoms with Crippen LogP contribution in [0.25, 0.3) is 11.6 Å². The summed E-state index contributed by atoms with van der Waals surface area (Å²) in [5.41, 5.74) is 1.45. The second-order valence-corrected chi connectivity index (χ2v) is 8.81. The van der Waals surface area contributed by atoms with Crippen LogP contribution < -0.4 is 10.5 Å². The van der Waals surface area contributed by atoms with Crippen LogP contribution in [-0.2, 0) is 24.3 Å². The molecular formula is C23H18ClFN2O5S. The van der Waals surface area contributed by atoms with Gasteiger partial charge in [-0.05, 0) is 65.7 Å². The molecule has 0 aliphatic heterocycles. The van der Waals surface area contributed by atoms with E-state index in [-0.39, 0.29) is 10.5 Å². The van der Waals surface area contributed by atoms with Crippen molar-refractivity contribution in [1.29, 1.82) is 0 Å². The maximum Gasteiger partial charge on any atom is 0.339 e. The van der Waals surface area contributed by atoms with Crippen LogP contribution in [0, 0.1) is 5.82 Å². The highest BCUT2D eigenvalue weighted by molar-refractivity contribution is 7.89. The zero-order chi connectivity index (χ0) is 24.0. The first-order chi connectivity index (χ1) is 15.6. The Kier molecular flexibility index (Phi) is 7.59. The van der Waals surface area contributed by atoms with Crippen molar-refractivity contribution in [2.45, 2.75) is 4.90 Å². The molecule has 10 heteroatoms. The van der Waals surface area contributed by atoms with Crippen molar-refractivity contribution < 1.29 is 27.1 Å². The average molecular weight is 489 g/mol. The van der Waals surface area contributed by atoms with E-state index < -0.39 is 34.3 Å². The largest absolute Gasteiger partial charge is 0.452 e. The molecule has 0 bridgehead atoms. The third kappa shape index (κ3) is 6.98. The summed E-state index contributed by atoms with van der Waals surface area (Å²) < 4.78 is 41.1. The van der Waals surface area contributed by atoms with Crippen molar-refractivity contribution in [3.8, 4) is 0 Å². The van der Waals surface area contributed by atoms with Gasteiger partial charge in [0.05, 0.1) is 10.5 Å². The predicted octanol–water partition coefficient (Wildman–Crippen LogP) is 3.85. The molecule has 0 radical (unpaired) electrons. The molecule has 170 valence electrons. The number of rotatable bonds is 7. The van der Waals surface area contributed by atoms with E-state index in [9.17, 15) is 22.4 Å². The van der Waals surface area contributed by atoms with Crippen LogP contribution in [-0.4, -0.2) is 26.9 Å². The Hall–Kier alpha value is -3.53. The molecule has 7 nitrogen and oxygen atoms in total. The van der Waals surface area contributed by atoms with Gasteiger partial charge in [0.15, 0.2) is 6.61 Å². The minimum Gasteiger partial charge on any atom is -0.452 e. The molecule has 0 saturated carbocycles. The number of nitrogens with one attached hydrogen (secondary N) is 1. The van der Waals surface area contributed by atoms with Gasteiger partial charge in [-0.2, -0.15) is 0 Å². The van der Waals surface area contributed by atoms with E-state index in [0.29, 0.717) is 21.8 Å². The maximum absolute atomic E-state index is 13.3. The fraction of sp³-hybridized carbons (Fsp3) is 0.0435. The molecule has 0 spiro atoms. The molecule has 0 aliphatic rings. The van der Waals surface area contributed by atoms with Gasteiger partial charge in [0.25, 0.3) is 5.91 Å². The second kappa shape index (κ2) is 10.4. The fourth-order valence-corrected chi connectivity index (χ4v) is 3.39. The van der Waals surface area contributed by atoms with Gasteiger partial charge >= 0.3 is 5.97 Å². The quantitative estimate of drug-likeness (QED) is 0.298. The minimum atomic E-state index is -3.86. The average Bonchev–Trinajstić information content (AvgIpc) is 2.77. The number of anilines is 1. The molecule has 0 heterocycles. The number of ether oxygens (including phenoxy) is 1. The normalized spacial score (nSPS) is 11.7. The highest BCUT2D eigenvalue weighted by Crippen LogP contribution is 2.22. The molecule has 0 atom stereocenters. The first-order valence-corrected chi connectivity index (χ1v) is 11.4. The van der Waals surface area contributed by atoms with Gasteiger partial charge in [0.1, 0.15) is 5.82 Å². The fourth-order valence-electron chi connectivity index (χ4n) is 2.75. The number of esters is 1. The Morgan fingerprint density at radius 3 is 2.15 bits per heavy atom. The van der Waals surface area contributed by atoms with E-state index in [2.05, 4.69) is 5.32 Å². The van der Waals surface area contributed by atoms with Crippen LogP contribution in [0.4, 0.5) is 10.1 Å². The van der Waals surface area contributed by atoms with Crippen molar-refractivity contribution in [3.05, 3.63) is 94.8 Å². The number of benzene rings is 3. The number of sulfonamides is 1. The van der Waals surface area contributed by atoms with Gasteiger partial charge < -0.3 is 10.1 Å². The van der Waals surface area contributed by atoms with Crippen molar-refractivity contribution in [3.63, 3.8) is 0 Å². The molecule has 1 amide bonds. The van der Waals surface area contributed by atoms with Crippen LogP contribution in [0.2, 0.25) is 5.02 Å². The second-order valence-electron chi connectivity index (χ2n) is 6.81. The lowest BCUT2D eigenvalue weighted by Crippen LogP contribution is -2.21. The highest BCUT2D eigenvalue weighted by atomic mass is 35.5. The van der Waals surface area contributed by atoms with Crippen molar-refractivity contribution in [2.24, 2.45) is 5.14 Å². The summed E-state index contributed by atoms with van der Waals surface area (Å²) in [7, 11) is -3.86. The molecule has 0 aromatic heterocycles. The van der Waals surface area contributed by atoms with Crippen LogP contribution in [0.15, 0.2) is 77.7 Å². The number of nitrogens with two attached hydrogens (primary N) is 1. The van der Waals surface area contributed by atoms with Crippen molar-refractivity contribution in [1.82, 2.24) is 0 Å². The van der Waals surface area contributed by atoms with Crippen LogP contribution in [0.5, 0.6) is 0 Å². The zero-order valence-corrected chi connectivity index (χ0v) is 18.6. The van der Waals surface area contributed by atoms with Crippen molar-refractivity contribution in [2.75, 3.05) is 11.9 Å². The third-order valence-electron chi connectivity index (χ3n) is 4.36. The van der Waals surface area contributed by atoms with E-state index >= 15 is 0 Å². The smallest absolute Gasteiger partial charge is 0.339 e. The number of carbonyl (C=O) groups is 2. The number of halogens is 2. The summed E-state index contributed by atoms with van der Waals surface area (Å²) in [5, 5.41) is 8.03. The highest BCUT2D eigenvalue weighted by Gasteiger charge is 2.16. The summed E-state index contributed by atoms with van der Waals surface area (Å²) >= 11 is 5.89. The molecule has 0 aliphatic carbocycles. The van der Waals surface area contributed by atoms with Crippen LogP contribution >= 0.6 is 11.6 Å². The lowest BCUT2D eigenvalue weighted by Gasteiger charge is -2.10. The number of amides is 1. The van der Waals surface area contributed by atoms with E-state index in [0.717, 1.165) is 0 Å². The number of hydrogen-bond acceptors (Lipinski definition) is 5. The molecule has 0 saturated heterocycles. The topological polar surface area (TPSA) is 116 Å². The molecule has 33 heavy (non-hydrogen) atoms. The first kappa shape index (κ1) is 24.1. The Morgan fingerprint density at radius 1 is 0.970 bits per heavy atom. The lowest BCUT2D eigenvalue weighted by atomic mass is 10.0. The van der Waals surface area contributed by atoms with Gasteiger partial charge in [-0.1, -0.05) is 35.9 Å². The van der Waals surface area contributed by atoms with E-state index in [1.807, 2.05) is 0 Å². The van der Waals surface area contributed by atoms with E-state index in [4.69, 9.17) is 21.5 Å². The first-order valence-electron chi connectivity index (χ1n) is 9.45. The molecule has 3 rings (SSSR count). The van der Waals surface area contributed by atoms with Gasteiger partial charge in [-0.3, -0.25) is 4.79 Å². The SMILES string of the molecule is NS(=O)(=O)c1ccc(NC(=O)COC(=O)C(=Cc2ccc(Cl)cc2)c2ccc(F)cc2)cc1. The van der Waals surface area contributed by atoms with Crippen molar-refractivity contribution >= 4 is 50.8 Å². The van der Waals surface area contributed by atoms with Gasteiger partial charge in [-0.15, -0.1) is 0 Å². The number of hydrogen-bond donors (Lipinski definition) is 2. The summed E-state index contributed by atoms with van der Waals surface area (Å²) in [4.78, 5) is 24.8. The zero-order valence-electron chi connectivity index (χ0n) is 17.0. The van der Waals surface area contributed by atoms with E-state index in [1.165, 1.54) is 54.6 Å². The molecule has 3 N–H and O–H groups in total. The standard InChI is InChI=1S/C23H18ClFN2O5S/c24-17-5-1-15(2-6-17)13-21(16-3-7-18(25)8-4-16)23(29)32-14-22(28)27-19-9-11-20(12-10-19)33(26,30)31/h1-13H,14H2,(H,27,28)(H2,26,30,31). The number of primary sulfonamides is 1. The molecular weight excluding hydrogens is 471 g/mol. The Balaban J connectivity index is 1.72. The minimum absolute atomic E-state index is 0.108. The molecule has 0 fully saturated rings. The number of carbonyl (C=O) groups excluding carboxylic acids is 2. The summed E-state index contributed by atoms with van der Waals surface area (Å²) in [5.74, 6) is -1.90. The molecule has 3 aromatic rings. The van der Waals surface area contributed by atoms with Crippen LogP contribution in [0.1, 0.15) is 11.1 Å². The summed E-state index contributed by atoms with van der Waals surface area (Å²) in [6.45, 7) is -0.602. The third-order valence-corrected chi connectivity index (χ3v) is 5.54. The monoisotopic (exact) mass is 488 g/mol. The Morgan fingerprint density at radius 2 is 1.58 bits per heavy atom. The maximum atomic E-state index is 13.3. The Bertz CT molecular complexity index is 1290. The Labute approximate surface area is 194 Å². The lowest BCUT2D eigenvalue weighted by molar-refractivity contribution is -0.141. The van der Waals surface area contributed by atoms with Crippen LogP contribution in [0.3, 0.4) is 0 Å². The summed E-state index contributed by atoms with van der Waals surface area (Å²) in [6, 6.07) is 17.1. The molecule has 0 unspecified atom stereocenters. The van der Waals surface area contributed by atoms with Gasteiger partial charge in [-0.25, -0.2) is 22.7 Å². The molecule has 3 aromatic carbocycles. The van der Waals surface area contributed by atoms with Gasteiger partial charge in [0, 0.05) is 10.7 Å². The van der Waals surface area contributed by atoms with E-state index in [1.54, 1.807) is 24.3 Å². The summed E-state index contributed by atoms with van der Waals surface area (Å²) in [6.07, 6.45) is 1.54. The predicted molar refractivity (Wildman–Crippen MR) is 123 cm³/mol. The van der Waals surface area contributed by atoms with Gasteiger partial charge in [0.2, 0.25) is 10.0 Å².